The quantitative estimate of drug-likeness (QED) is 0.439. The minimum absolute atomic E-state index is 0.271. The molecule has 0 aliphatic rings. The summed E-state index contributed by atoms with van der Waals surface area (Å²) in [5.74, 6) is -0.271. The number of pyridine rings is 1. The van der Waals surface area contributed by atoms with Crippen LogP contribution in [0.5, 0.6) is 0 Å². The molecular weight excluding hydrogens is 324 g/mol. The molecule has 126 valence electrons. The van der Waals surface area contributed by atoms with Gasteiger partial charge in [0.1, 0.15) is 5.71 Å². The summed E-state index contributed by atoms with van der Waals surface area (Å²) in [6.45, 7) is 0. The molecule has 0 spiro atoms. The van der Waals surface area contributed by atoms with E-state index in [1.54, 1.807) is 12.4 Å². The van der Waals surface area contributed by atoms with Gasteiger partial charge < -0.3 is 4.98 Å². The van der Waals surface area contributed by atoms with Crippen molar-refractivity contribution in [3.8, 4) is 0 Å². The van der Waals surface area contributed by atoms with Crippen molar-refractivity contribution in [2.45, 2.75) is 0 Å². The first-order chi connectivity index (χ1) is 12.8. The van der Waals surface area contributed by atoms with Crippen LogP contribution in [0.2, 0.25) is 0 Å². The summed E-state index contributed by atoms with van der Waals surface area (Å²) < 4.78 is 0. The number of aromatic nitrogens is 2. The summed E-state index contributed by atoms with van der Waals surface area (Å²) in [7, 11) is 0. The number of amides is 1. The lowest BCUT2D eigenvalue weighted by Gasteiger charge is -2.07. The maximum atomic E-state index is 12.6. The van der Waals surface area contributed by atoms with Crippen molar-refractivity contribution in [2.75, 3.05) is 0 Å². The summed E-state index contributed by atoms with van der Waals surface area (Å²) in [6, 6.07) is 22.9. The number of nitrogens with one attached hydrogen (secondary N) is 2. The number of fused-ring (bicyclic) bond motifs is 1. The third-order valence-corrected chi connectivity index (χ3v) is 4.06. The minimum atomic E-state index is -0.271. The van der Waals surface area contributed by atoms with E-state index in [0.29, 0.717) is 17.0 Å². The average molecular weight is 340 g/mol. The van der Waals surface area contributed by atoms with Crippen LogP contribution in [0.1, 0.15) is 21.6 Å². The van der Waals surface area contributed by atoms with Gasteiger partial charge in [-0.15, -0.1) is 0 Å². The normalized spacial score (nSPS) is 11.5. The van der Waals surface area contributed by atoms with Gasteiger partial charge >= 0.3 is 0 Å². The van der Waals surface area contributed by atoms with Crippen LogP contribution in [0, 0.1) is 0 Å². The zero-order valence-electron chi connectivity index (χ0n) is 13.9. The number of hydrazone groups is 1. The van der Waals surface area contributed by atoms with Crippen molar-refractivity contribution in [2.24, 2.45) is 5.10 Å². The summed E-state index contributed by atoms with van der Waals surface area (Å²) >= 11 is 0. The Kier molecular flexibility index (Phi) is 4.26. The summed E-state index contributed by atoms with van der Waals surface area (Å²) in [5.41, 5.74) is 6.31. The van der Waals surface area contributed by atoms with Gasteiger partial charge in [0.05, 0.1) is 11.3 Å². The number of nitrogens with zero attached hydrogens (tertiary/aromatic N) is 2. The number of carbonyl (C=O) groups is 1. The molecule has 0 unspecified atom stereocenters. The predicted molar refractivity (Wildman–Crippen MR) is 102 cm³/mol. The first-order valence-electron chi connectivity index (χ1n) is 8.24. The van der Waals surface area contributed by atoms with Crippen molar-refractivity contribution in [1.82, 2.24) is 15.4 Å². The van der Waals surface area contributed by atoms with Crippen LogP contribution < -0.4 is 5.43 Å². The molecule has 2 heterocycles. The molecule has 5 heteroatoms. The van der Waals surface area contributed by atoms with Gasteiger partial charge in [0.2, 0.25) is 0 Å². The van der Waals surface area contributed by atoms with Crippen LogP contribution in [0.15, 0.2) is 90.3 Å². The second kappa shape index (κ2) is 7.03. The highest BCUT2D eigenvalue weighted by Gasteiger charge is 2.13. The molecule has 1 amide bonds. The molecular formula is C21H16N4O. The lowest BCUT2D eigenvalue weighted by Crippen LogP contribution is -2.20. The van der Waals surface area contributed by atoms with Gasteiger partial charge in [-0.05, 0) is 18.2 Å². The average Bonchev–Trinajstić information content (AvgIpc) is 3.14. The van der Waals surface area contributed by atoms with Gasteiger partial charge in [0, 0.05) is 28.9 Å². The van der Waals surface area contributed by atoms with Crippen LogP contribution in [0.25, 0.3) is 10.9 Å². The Balaban J connectivity index is 1.68. The summed E-state index contributed by atoms with van der Waals surface area (Å²) in [6.07, 6.45) is 3.40. The Hall–Kier alpha value is -3.73. The van der Waals surface area contributed by atoms with Gasteiger partial charge in [0.25, 0.3) is 5.91 Å². The van der Waals surface area contributed by atoms with Crippen LogP contribution in [-0.4, -0.2) is 21.6 Å². The molecule has 5 nitrogen and oxygen atoms in total. The van der Waals surface area contributed by atoms with Crippen LogP contribution in [0.4, 0.5) is 0 Å². The molecule has 0 radical (unpaired) electrons. The minimum Gasteiger partial charge on any atom is -0.360 e. The highest BCUT2D eigenvalue weighted by Crippen LogP contribution is 2.17. The van der Waals surface area contributed by atoms with E-state index in [0.717, 1.165) is 16.5 Å². The van der Waals surface area contributed by atoms with E-state index < -0.39 is 0 Å². The second-order valence-corrected chi connectivity index (χ2v) is 5.73. The smallest absolute Gasteiger partial charge is 0.273 e. The molecule has 0 fully saturated rings. The fraction of sp³-hybridized carbons (Fsp3) is 0. The molecule has 2 aromatic carbocycles. The maximum absolute atomic E-state index is 12.6. The number of H-pyrrole nitrogens is 1. The lowest BCUT2D eigenvalue weighted by molar-refractivity contribution is 0.0956. The topological polar surface area (TPSA) is 70.1 Å². The first-order valence-corrected chi connectivity index (χ1v) is 8.24. The zero-order chi connectivity index (χ0) is 17.8. The molecule has 0 atom stereocenters. The number of hydrogen-bond donors (Lipinski definition) is 2. The molecule has 0 saturated heterocycles. The van der Waals surface area contributed by atoms with Gasteiger partial charge in [0.15, 0.2) is 0 Å². The number of carbonyl (C=O) groups excluding carboxylic acids is 1. The van der Waals surface area contributed by atoms with E-state index in [1.165, 1.54) is 0 Å². The Labute approximate surface area is 150 Å². The van der Waals surface area contributed by atoms with Gasteiger partial charge in [-0.25, -0.2) is 5.43 Å². The largest absolute Gasteiger partial charge is 0.360 e. The van der Waals surface area contributed by atoms with Crippen molar-refractivity contribution in [3.05, 3.63) is 102 Å². The SMILES string of the molecule is O=C(NN=C(c1ccccc1)c1ccccn1)c1c[nH]c2ccccc12. The highest BCUT2D eigenvalue weighted by atomic mass is 16.2. The Morgan fingerprint density at radius 2 is 1.69 bits per heavy atom. The van der Waals surface area contributed by atoms with Gasteiger partial charge in [-0.2, -0.15) is 5.10 Å². The van der Waals surface area contributed by atoms with E-state index >= 15 is 0 Å². The van der Waals surface area contributed by atoms with E-state index in [1.807, 2.05) is 72.8 Å². The molecule has 0 aliphatic heterocycles. The van der Waals surface area contributed by atoms with Gasteiger partial charge in [-0.1, -0.05) is 54.6 Å². The number of aromatic amines is 1. The van der Waals surface area contributed by atoms with E-state index in [9.17, 15) is 4.79 Å². The summed E-state index contributed by atoms with van der Waals surface area (Å²) in [4.78, 5) is 20.1. The van der Waals surface area contributed by atoms with Crippen LogP contribution in [-0.2, 0) is 0 Å². The fourth-order valence-corrected chi connectivity index (χ4v) is 2.79. The monoisotopic (exact) mass is 340 g/mol. The molecule has 0 saturated carbocycles. The molecule has 2 aromatic heterocycles. The molecule has 4 aromatic rings. The predicted octanol–water partition coefficient (Wildman–Crippen LogP) is 3.75. The number of hydrogen-bond acceptors (Lipinski definition) is 3. The molecule has 2 N–H and O–H groups in total. The number of rotatable bonds is 4. The van der Waals surface area contributed by atoms with Crippen molar-refractivity contribution in [3.63, 3.8) is 0 Å². The molecule has 26 heavy (non-hydrogen) atoms. The van der Waals surface area contributed by atoms with E-state index in [4.69, 9.17) is 0 Å². The Bertz CT molecular complexity index is 1030. The van der Waals surface area contributed by atoms with Crippen molar-refractivity contribution >= 4 is 22.5 Å². The number of benzene rings is 2. The Morgan fingerprint density at radius 1 is 0.923 bits per heavy atom. The third kappa shape index (κ3) is 3.10. The highest BCUT2D eigenvalue weighted by molar-refractivity contribution is 6.13. The second-order valence-electron chi connectivity index (χ2n) is 5.73. The van der Waals surface area contributed by atoms with Crippen molar-refractivity contribution in [1.29, 1.82) is 0 Å². The van der Waals surface area contributed by atoms with Crippen LogP contribution in [0.3, 0.4) is 0 Å². The fourth-order valence-electron chi connectivity index (χ4n) is 2.79. The zero-order valence-corrected chi connectivity index (χ0v) is 13.9. The number of para-hydroxylation sites is 1. The Morgan fingerprint density at radius 3 is 2.50 bits per heavy atom. The third-order valence-electron chi connectivity index (χ3n) is 4.06. The first kappa shape index (κ1) is 15.8. The van der Waals surface area contributed by atoms with E-state index in [2.05, 4.69) is 20.5 Å². The summed E-state index contributed by atoms with van der Waals surface area (Å²) in [5, 5.41) is 5.23. The maximum Gasteiger partial charge on any atom is 0.273 e. The molecule has 4 rings (SSSR count). The van der Waals surface area contributed by atoms with Gasteiger partial charge in [-0.3, -0.25) is 9.78 Å². The molecule has 0 aliphatic carbocycles. The standard InChI is InChI=1S/C21H16N4O/c26-21(17-14-23-18-11-5-4-10-16(17)18)25-24-20(15-8-2-1-3-9-15)19-12-6-7-13-22-19/h1-14,23H,(H,25,26). The lowest BCUT2D eigenvalue weighted by atomic mass is 10.1. The van der Waals surface area contributed by atoms with Crippen LogP contribution >= 0.6 is 0 Å². The van der Waals surface area contributed by atoms with E-state index in [-0.39, 0.29) is 5.91 Å². The van der Waals surface area contributed by atoms with Crippen molar-refractivity contribution < 1.29 is 4.79 Å². The molecule has 0 bridgehead atoms.